The van der Waals surface area contributed by atoms with E-state index < -0.39 is 17.9 Å². The Hall–Kier alpha value is -1.06. The smallest absolute Gasteiger partial charge is 0.318 e. The fourth-order valence-corrected chi connectivity index (χ4v) is 2.31. The van der Waals surface area contributed by atoms with E-state index in [1.54, 1.807) is 0 Å². The maximum absolute atomic E-state index is 10.8. The molecule has 0 heterocycles. The van der Waals surface area contributed by atoms with E-state index in [9.17, 15) is 9.59 Å². The van der Waals surface area contributed by atoms with E-state index in [-0.39, 0.29) is 11.8 Å². The number of aliphatic carboxylic acids is 2. The molecule has 0 aliphatic heterocycles. The summed E-state index contributed by atoms with van der Waals surface area (Å²) in [5.41, 5.74) is 0. The number of hydrogen-bond acceptors (Lipinski definition) is 2. The summed E-state index contributed by atoms with van der Waals surface area (Å²) in [5.74, 6) is -3.60. The zero-order valence-electron chi connectivity index (χ0n) is 8.27. The largest absolute Gasteiger partial charge is 0.481 e. The van der Waals surface area contributed by atoms with Gasteiger partial charge in [-0.1, -0.05) is 26.2 Å². The Morgan fingerprint density at radius 1 is 1.14 bits per heavy atom. The molecular weight excluding hydrogens is 184 g/mol. The van der Waals surface area contributed by atoms with Crippen molar-refractivity contribution >= 4 is 11.9 Å². The molecule has 4 heteroatoms. The van der Waals surface area contributed by atoms with Crippen LogP contribution in [0.25, 0.3) is 0 Å². The van der Waals surface area contributed by atoms with Gasteiger partial charge in [-0.3, -0.25) is 9.59 Å². The molecule has 0 aromatic heterocycles. The van der Waals surface area contributed by atoms with Gasteiger partial charge in [0.25, 0.3) is 0 Å². The molecule has 14 heavy (non-hydrogen) atoms. The Morgan fingerprint density at radius 2 is 1.64 bits per heavy atom. The van der Waals surface area contributed by atoms with Gasteiger partial charge in [-0.25, -0.2) is 0 Å². The lowest BCUT2D eigenvalue weighted by molar-refractivity contribution is -0.159. The minimum atomic E-state index is -1.22. The molecule has 0 radical (unpaired) electrons. The molecule has 0 amide bonds. The van der Waals surface area contributed by atoms with Gasteiger partial charge in [0.1, 0.15) is 0 Å². The van der Waals surface area contributed by atoms with Gasteiger partial charge in [-0.2, -0.15) is 0 Å². The molecule has 2 unspecified atom stereocenters. The minimum Gasteiger partial charge on any atom is -0.481 e. The lowest BCUT2D eigenvalue weighted by Crippen LogP contribution is -2.36. The fraction of sp³-hybridized carbons (Fsp3) is 0.800. The molecule has 1 aliphatic rings. The van der Waals surface area contributed by atoms with Gasteiger partial charge >= 0.3 is 11.9 Å². The fourth-order valence-electron chi connectivity index (χ4n) is 2.31. The summed E-state index contributed by atoms with van der Waals surface area (Å²) in [5, 5.41) is 17.7. The summed E-state index contributed by atoms with van der Waals surface area (Å²) in [4.78, 5) is 21.6. The standard InChI is InChI=1S/C10H16O4/c1-6-4-2-3-5-7(6)8(9(11)12)10(13)14/h6-8H,2-5H2,1H3,(H,11,12)(H,13,14). The summed E-state index contributed by atoms with van der Waals surface area (Å²) in [6.45, 7) is 1.95. The molecule has 2 N–H and O–H groups in total. The van der Waals surface area contributed by atoms with Crippen molar-refractivity contribution in [1.29, 1.82) is 0 Å². The van der Waals surface area contributed by atoms with Crippen LogP contribution in [0.4, 0.5) is 0 Å². The summed E-state index contributed by atoms with van der Waals surface area (Å²) in [6, 6.07) is 0. The molecule has 80 valence electrons. The van der Waals surface area contributed by atoms with Crippen LogP contribution in [0.3, 0.4) is 0 Å². The summed E-state index contributed by atoms with van der Waals surface area (Å²) >= 11 is 0. The first-order chi connectivity index (χ1) is 6.54. The van der Waals surface area contributed by atoms with Gasteiger partial charge in [-0.15, -0.1) is 0 Å². The molecule has 0 aromatic carbocycles. The van der Waals surface area contributed by atoms with Crippen LogP contribution in [0.5, 0.6) is 0 Å². The zero-order valence-corrected chi connectivity index (χ0v) is 8.27. The third-order valence-electron chi connectivity index (χ3n) is 3.14. The summed E-state index contributed by atoms with van der Waals surface area (Å²) < 4.78 is 0. The predicted molar refractivity (Wildman–Crippen MR) is 49.9 cm³/mol. The van der Waals surface area contributed by atoms with E-state index in [1.807, 2.05) is 6.92 Å². The van der Waals surface area contributed by atoms with Gasteiger partial charge in [0, 0.05) is 0 Å². The second-order valence-electron chi connectivity index (χ2n) is 4.08. The first-order valence-electron chi connectivity index (χ1n) is 4.99. The molecule has 0 saturated heterocycles. The van der Waals surface area contributed by atoms with E-state index in [0.29, 0.717) is 0 Å². The summed E-state index contributed by atoms with van der Waals surface area (Å²) in [6.07, 6.45) is 3.71. The third kappa shape index (κ3) is 2.25. The Kier molecular flexibility index (Phi) is 3.49. The highest BCUT2D eigenvalue weighted by Gasteiger charge is 2.38. The van der Waals surface area contributed by atoms with Crippen molar-refractivity contribution in [2.75, 3.05) is 0 Å². The van der Waals surface area contributed by atoms with Crippen LogP contribution in [0.15, 0.2) is 0 Å². The van der Waals surface area contributed by atoms with Crippen molar-refractivity contribution in [2.24, 2.45) is 17.8 Å². The van der Waals surface area contributed by atoms with E-state index >= 15 is 0 Å². The molecule has 2 atom stereocenters. The SMILES string of the molecule is CC1CCCCC1C(C(=O)O)C(=O)O. The number of carboxylic acids is 2. The topological polar surface area (TPSA) is 74.6 Å². The third-order valence-corrected chi connectivity index (χ3v) is 3.14. The van der Waals surface area contributed by atoms with Crippen LogP contribution in [-0.2, 0) is 9.59 Å². The van der Waals surface area contributed by atoms with Crippen LogP contribution in [0, 0.1) is 17.8 Å². The highest BCUT2D eigenvalue weighted by molar-refractivity contribution is 5.93. The van der Waals surface area contributed by atoms with Crippen molar-refractivity contribution in [1.82, 2.24) is 0 Å². The predicted octanol–water partition coefficient (Wildman–Crippen LogP) is 1.60. The lowest BCUT2D eigenvalue weighted by atomic mass is 9.73. The average molecular weight is 200 g/mol. The Labute approximate surface area is 82.9 Å². The highest BCUT2D eigenvalue weighted by Crippen LogP contribution is 2.35. The van der Waals surface area contributed by atoms with Gasteiger partial charge < -0.3 is 10.2 Å². The Bertz CT molecular complexity index is 222. The molecule has 1 rings (SSSR count). The van der Waals surface area contributed by atoms with Crippen molar-refractivity contribution in [2.45, 2.75) is 32.6 Å². The van der Waals surface area contributed by atoms with Crippen LogP contribution in [0.1, 0.15) is 32.6 Å². The van der Waals surface area contributed by atoms with Crippen molar-refractivity contribution in [3.05, 3.63) is 0 Å². The molecule has 1 fully saturated rings. The number of hydrogen-bond donors (Lipinski definition) is 2. The second-order valence-corrected chi connectivity index (χ2v) is 4.08. The van der Waals surface area contributed by atoms with Gasteiger partial charge in [0.15, 0.2) is 5.92 Å². The highest BCUT2D eigenvalue weighted by atomic mass is 16.4. The molecule has 0 aromatic rings. The first kappa shape index (κ1) is 11.0. The van der Waals surface area contributed by atoms with Gasteiger partial charge in [0.05, 0.1) is 0 Å². The van der Waals surface area contributed by atoms with Crippen molar-refractivity contribution in [3.63, 3.8) is 0 Å². The van der Waals surface area contributed by atoms with Crippen LogP contribution >= 0.6 is 0 Å². The molecule has 4 nitrogen and oxygen atoms in total. The minimum absolute atomic E-state index is 0.196. The number of carbonyl (C=O) groups is 2. The van der Waals surface area contributed by atoms with E-state index in [1.165, 1.54) is 0 Å². The van der Waals surface area contributed by atoms with E-state index in [0.717, 1.165) is 25.7 Å². The van der Waals surface area contributed by atoms with Crippen molar-refractivity contribution < 1.29 is 19.8 Å². The second kappa shape index (κ2) is 4.44. The summed E-state index contributed by atoms with van der Waals surface area (Å²) in [7, 11) is 0. The number of rotatable bonds is 3. The zero-order chi connectivity index (χ0) is 10.7. The maximum atomic E-state index is 10.8. The van der Waals surface area contributed by atoms with Gasteiger partial charge in [0.2, 0.25) is 0 Å². The average Bonchev–Trinajstić information content (AvgIpc) is 2.07. The van der Waals surface area contributed by atoms with Gasteiger partial charge in [-0.05, 0) is 18.3 Å². The van der Waals surface area contributed by atoms with Crippen LogP contribution in [0.2, 0.25) is 0 Å². The number of carboxylic acid groups (broad SMARTS) is 2. The first-order valence-corrected chi connectivity index (χ1v) is 4.99. The Morgan fingerprint density at radius 3 is 2.07 bits per heavy atom. The molecular formula is C10H16O4. The van der Waals surface area contributed by atoms with Crippen molar-refractivity contribution in [3.8, 4) is 0 Å². The molecule has 1 saturated carbocycles. The van der Waals surface area contributed by atoms with Crippen LogP contribution in [-0.4, -0.2) is 22.2 Å². The molecule has 1 aliphatic carbocycles. The normalized spacial score (nSPS) is 27.6. The van der Waals surface area contributed by atoms with E-state index in [2.05, 4.69) is 0 Å². The Balaban J connectivity index is 2.75. The molecule has 0 spiro atoms. The maximum Gasteiger partial charge on any atom is 0.318 e. The van der Waals surface area contributed by atoms with E-state index in [4.69, 9.17) is 10.2 Å². The molecule has 0 bridgehead atoms. The quantitative estimate of drug-likeness (QED) is 0.678. The van der Waals surface area contributed by atoms with Crippen LogP contribution < -0.4 is 0 Å². The monoisotopic (exact) mass is 200 g/mol. The lowest BCUT2D eigenvalue weighted by Gasteiger charge is -2.31.